The van der Waals surface area contributed by atoms with Gasteiger partial charge in [0.2, 0.25) is 5.95 Å². The number of pyridine rings is 1. The van der Waals surface area contributed by atoms with Crippen LogP contribution in [0.15, 0.2) is 36.7 Å². The van der Waals surface area contributed by atoms with E-state index in [2.05, 4.69) is 30.6 Å². The molecule has 0 radical (unpaired) electrons. The third kappa shape index (κ3) is 7.07. The number of anilines is 2. The summed E-state index contributed by atoms with van der Waals surface area (Å²) >= 11 is 0. The SMILES string of the molecule is Cc1nc2c(F)cc(-c3nc(Nc4ccc(CNC5CCN(C(=O)OC(C)(C)C)CC5)cn4)ncc3F)cc2n1C(C)C. The molecule has 10 nitrogen and oxygen atoms in total. The van der Waals surface area contributed by atoms with Crippen molar-refractivity contribution in [1.82, 2.24) is 34.7 Å². The Kier molecular flexibility index (Phi) is 8.59. The molecule has 12 heteroatoms. The Morgan fingerprint density at radius 3 is 2.47 bits per heavy atom. The van der Waals surface area contributed by atoms with E-state index in [9.17, 15) is 13.6 Å². The summed E-state index contributed by atoms with van der Waals surface area (Å²) in [5.41, 5.74) is 1.58. The van der Waals surface area contributed by atoms with E-state index in [-0.39, 0.29) is 35.3 Å². The van der Waals surface area contributed by atoms with E-state index >= 15 is 0 Å². The molecule has 0 bridgehead atoms. The van der Waals surface area contributed by atoms with Crippen molar-refractivity contribution < 1.29 is 18.3 Å². The minimum Gasteiger partial charge on any atom is -0.444 e. The van der Waals surface area contributed by atoms with Gasteiger partial charge in [0.1, 0.15) is 28.5 Å². The van der Waals surface area contributed by atoms with Crippen molar-refractivity contribution in [1.29, 1.82) is 0 Å². The zero-order chi connectivity index (χ0) is 30.9. The number of carbonyl (C=O) groups excluding carboxylic acids is 1. The van der Waals surface area contributed by atoms with Gasteiger partial charge in [-0.25, -0.2) is 33.5 Å². The van der Waals surface area contributed by atoms with E-state index < -0.39 is 17.2 Å². The first kappa shape index (κ1) is 30.3. The summed E-state index contributed by atoms with van der Waals surface area (Å²) in [4.78, 5) is 31.2. The number of nitrogens with one attached hydrogen (secondary N) is 2. The third-order valence-corrected chi connectivity index (χ3v) is 7.27. The number of rotatable bonds is 7. The lowest BCUT2D eigenvalue weighted by Crippen LogP contribution is -2.46. The zero-order valence-electron chi connectivity index (χ0n) is 25.4. The van der Waals surface area contributed by atoms with E-state index in [1.165, 1.54) is 6.07 Å². The van der Waals surface area contributed by atoms with Crippen LogP contribution in [0.5, 0.6) is 0 Å². The van der Waals surface area contributed by atoms with Crippen LogP contribution in [0.4, 0.5) is 25.3 Å². The Labute approximate surface area is 249 Å². The number of hydrogen-bond acceptors (Lipinski definition) is 8. The highest BCUT2D eigenvalue weighted by molar-refractivity contribution is 5.83. The molecule has 4 heterocycles. The number of likely N-dealkylation sites (tertiary alicyclic amines) is 1. The number of imidazole rings is 1. The summed E-state index contributed by atoms with van der Waals surface area (Å²) in [5.74, 6) is 0.104. The van der Waals surface area contributed by atoms with Crippen LogP contribution in [0.3, 0.4) is 0 Å². The summed E-state index contributed by atoms with van der Waals surface area (Å²) in [6.45, 7) is 13.3. The quantitative estimate of drug-likeness (QED) is 0.258. The molecule has 0 spiro atoms. The molecule has 1 fully saturated rings. The Balaban J connectivity index is 1.21. The average Bonchev–Trinajstić information content (AvgIpc) is 3.29. The van der Waals surface area contributed by atoms with Crippen LogP contribution in [-0.4, -0.2) is 60.2 Å². The normalized spacial score (nSPS) is 14.5. The number of benzene rings is 1. The first-order valence-corrected chi connectivity index (χ1v) is 14.5. The van der Waals surface area contributed by atoms with Crippen molar-refractivity contribution in [2.75, 3.05) is 18.4 Å². The Hall–Kier alpha value is -4.19. The maximum atomic E-state index is 15.0. The average molecular weight is 593 g/mol. The molecule has 1 amide bonds. The molecule has 0 saturated carbocycles. The highest BCUT2D eigenvalue weighted by Gasteiger charge is 2.26. The molecular weight excluding hydrogens is 554 g/mol. The molecule has 1 aromatic carbocycles. The fourth-order valence-corrected chi connectivity index (χ4v) is 5.26. The lowest BCUT2D eigenvalue weighted by atomic mass is 10.1. The van der Waals surface area contributed by atoms with Gasteiger partial charge in [0.15, 0.2) is 11.6 Å². The van der Waals surface area contributed by atoms with Crippen LogP contribution < -0.4 is 10.6 Å². The van der Waals surface area contributed by atoms with Crippen LogP contribution in [0.2, 0.25) is 0 Å². The van der Waals surface area contributed by atoms with Gasteiger partial charge in [0, 0.05) is 43.5 Å². The molecule has 1 aliphatic rings. The predicted molar refractivity (Wildman–Crippen MR) is 161 cm³/mol. The van der Waals surface area contributed by atoms with Crippen LogP contribution in [0, 0.1) is 18.6 Å². The fourth-order valence-electron chi connectivity index (χ4n) is 5.26. The molecule has 0 aliphatic carbocycles. The summed E-state index contributed by atoms with van der Waals surface area (Å²) in [5, 5.41) is 6.54. The van der Waals surface area contributed by atoms with Crippen LogP contribution in [-0.2, 0) is 11.3 Å². The fraction of sp³-hybridized carbons (Fsp3) is 0.452. The molecule has 3 aromatic heterocycles. The second-order valence-corrected chi connectivity index (χ2v) is 12.1. The first-order valence-electron chi connectivity index (χ1n) is 14.5. The molecule has 1 aliphatic heterocycles. The number of nitrogens with zero attached hydrogens (tertiary/aromatic N) is 6. The van der Waals surface area contributed by atoms with Gasteiger partial charge >= 0.3 is 6.09 Å². The minimum atomic E-state index is -0.664. The molecule has 0 unspecified atom stereocenters. The third-order valence-electron chi connectivity index (χ3n) is 7.27. The summed E-state index contributed by atoms with van der Waals surface area (Å²) in [6, 6.07) is 7.01. The van der Waals surface area contributed by atoms with Crippen molar-refractivity contribution in [3.05, 3.63) is 59.7 Å². The second-order valence-electron chi connectivity index (χ2n) is 12.1. The van der Waals surface area contributed by atoms with Crippen molar-refractivity contribution in [2.24, 2.45) is 0 Å². The number of hydrogen-bond donors (Lipinski definition) is 2. The highest BCUT2D eigenvalue weighted by atomic mass is 19.1. The Bertz CT molecular complexity index is 1610. The van der Waals surface area contributed by atoms with E-state index in [1.807, 2.05) is 52.2 Å². The number of piperidine rings is 1. The topological polar surface area (TPSA) is 110 Å². The van der Waals surface area contributed by atoms with E-state index in [0.717, 1.165) is 24.6 Å². The number of amides is 1. The Morgan fingerprint density at radius 1 is 1.07 bits per heavy atom. The van der Waals surface area contributed by atoms with Crippen molar-refractivity contribution in [3.63, 3.8) is 0 Å². The smallest absolute Gasteiger partial charge is 0.410 e. The van der Waals surface area contributed by atoms with Crippen molar-refractivity contribution in [3.8, 4) is 11.3 Å². The standard InChI is InChI=1S/C31H38F2N8O2/c1-18(2)41-19(3)37-28-23(32)13-21(14-25(28)41)27-24(33)17-36-29(39-27)38-26-8-7-20(16-35-26)15-34-22-9-11-40(12-10-22)30(42)43-31(4,5)6/h7-8,13-14,16-18,22,34H,9-12,15H2,1-6H3,(H,35,36,38,39). The molecule has 5 rings (SSSR count). The minimum absolute atomic E-state index is 0.0222. The van der Waals surface area contributed by atoms with Crippen LogP contribution in [0.25, 0.3) is 22.3 Å². The number of aryl methyl sites for hydroxylation is 1. The van der Waals surface area contributed by atoms with Gasteiger partial charge in [-0.2, -0.15) is 0 Å². The molecule has 4 aromatic rings. The predicted octanol–water partition coefficient (Wildman–Crippen LogP) is 6.29. The van der Waals surface area contributed by atoms with Crippen LogP contribution >= 0.6 is 0 Å². The monoisotopic (exact) mass is 592 g/mol. The summed E-state index contributed by atoms with van der Waals surface area (Å²) in [6.07, 6.45) is 4.22. The van der Waals surface area contributed by atoms with Gasteiger partial charge in [0.25, 0.3) is 0 Å². The van der Waals surface area contributed by atoms with Gasteiger partial charge in [-0.3, -0.25) is 0 Å². The van der Waals surface area contributed by atoms with Gasteiger partial charge in [-0.15, -0.1) is 0 Å². The molecule has 1 saturated heterocycles. The number of ether oxygens (including phenoxy) is 1. The maximum absolute atomic E-state index is 15.0. The van der Waals surface area contributed by atoms with E-state index in [4.69, 9.17) is 4.74 Å². The number of carbonyl (C=O) groups is 1. The zero-order valence-corrected chi connectivity index (χ0v) is 25.4. The molecule has 0 atom stereocenters. The first-order chi connectivity index (χ1) is 20.4. The molecular formula is C31H38F2N8O2. The number of aromatic nitrogens is 5. The van der Waals surface area contributed by atoms with Gasteiger partial charge < -0.3 is 24.8 Å². The maximum Gasteiger partial charge on any atom is 0.410 e. The van der Waals surface area contributed by atoms with Gasteiger partial charge in [-0.05, 0) is 78.1 Å². The van der Waals surface area contributed by atoms with Crippen molar-refractivity contribution in [2.45, 2.75) is 78.6 Å². The van der Waals surface area contributed by atoms with E-state index in [1.54, 1.807) is 23.2 Å². The van der Waals surface area contributed by atoms with E-state index in [0.29, 0.717) is 42.4 Å². The lowest BCUT2D eigenvalue weighted by molar-refractivity contribution is 0.0198. The van der Waals surface area contributed by atoms with Gasteiger partial charge in [0.05, 0.1) is 11.7 Å². The summed E-state index contributed by atoms with van der Waals surface area (Å²) in [7, 11) is 0. The molecule has 2 N–H and O–H groups in total. The molecule has 43 heavy (non-hydrogen) atoms. The second kappa shape index (κ2) is 12.2. The lowest BCUT2D eigenvalue weighted by Gasteiger charge is -2.33. The number of halogens is 2. The number of fused-ring (bicyclic) bond motifs is 1. The summed E-state index contributed by atoms with van der Waals surface area (Å²) < 4.78 is 37.2. The highest BCUT2D eigenvalue weighted by Crippen LogP contribution is 2.30. The van der Waals surface area contributed by atoms with Gasteiger partial charge in [-0.1, -0.05) is 6.07 Å². The van der Waals surface area contributed by atoms with Crippen LogP contribution in [0.1, 0.15) is 64.9 Å². The molecule has 228 valence electrons. The largest absolute Gasteiger partial charge is 0.444 e. The van der Waals surface area contributed by atoms with Crippen molar-refractivity contribution >= 4 is 28.9 Å². The Morgan fingerprint density at radius 2 is 1.81 bits per heavy atom.